The average molecular weight is 313 g/mol. The minimum Gasteiger partial charge on any atom is -0.342 e. The van der Waals surface area contributed by atoms with E-state index in [1.165, 1.54) is 0 Å². The molecule has 0 bridgehead atoms. The van der Waals surface area contributed by atoms with Crippen LogP contribution in [-0.4, -0.2) is 29.3 Å². The number of hydrogen-bond donors (Lipinski definition) is 1. The van der Waals surface area contributed by atoms with Gasteiger partial charge in [0.25, 0.3) is 0 Å². The standard InChI is InChI=1S/C14H14Cl2N2O2/c15-10-3-4-11(16)9(5-10)6-18-7-12(19)17-13(14(18)20)8-1-2-8/h3-5,8,13H,1-2,6-7H2,(H,17,19). The van der Waals surface area contributed by atoms with E-state index in [4.69, 9.17) is 23.2 Å². The number of benzene rings is 1. The number of piperazine rings is 1. The van der Waals surface area contributed by atoms with Crippen LogP contribution in [0.25, 0.3) is 0 Å². The number of hydrogen-bond acceptors (Lipinski definition) is 2. The maximum Gasteiger partial charge on any atom is 0.246 e. The molecule has 0 radical (unpaired) electrons. The van der Waals surface area contributed by atoms with Gasteiger partial charge in [-0.1, -0.05) is 23.2 Å². The molecule has 20 heavy (non-hydrogen) atoms. The fraction of sp³-hybridized carbons (Fsp3) is 0.429. The largest absolute Gasteiger partial charge is 0.342 e. The zero-order valence-electron chi connectivity index (χ0n) is 10.7. The van der Waals surface area contributed by atoms with Crippen molar-refractivity contribution in [1.82, 2.24) is 10.2 Å². The van der Waals surface area contributed by atoms with Gasteiger partial charge in [-0.05, 0) is 42.5 Å². The number of nitrogens with one attached hydrogen (secondary N) is 1. The van der Waals surface area contributed by atoms with Crippen LogP contribution in [0.4, 0.5) is 0 Å². The van der Waals surface area contributed by atoms with Gasteiger partial charge in [0.05, 0.1) is 6.54 Å². The molecule has 1 aromatic rings. The number of carbonyl (C=O) groups is 2. The molecule has 4 nitrogen and oxygen atoms in total. The summed E-state index contributed by atoms with van der Waals surface area (Å²) in [5.74, 6) is 0.159. The average Bonchev–Trinajstić information content (AvgIpc) is 3.22. The maximum absolute atomic E-state index is 12.4. The second kappa shape index (κ2) is 5.26. The lowest BCUT2D eigenvalue weighted by Crippen LogP contribution is -2.58. The third-order valence-corrected chi connectivity index (χ3v) is 4.29. The van der Waals surface area contributed by atoms with Crippen LogP contribution in [0.3, 0.4) is 0 Å². The third-order valence-electron chi connectivity index (χ3n) is 3.69. The number of carbonyl (C=O) groups excluding carboxylic acids is 2. The molecule has 1 aliphatic heterocycles. The molecule has 6 heteroatoms. The van der Waals surface area contributed by atoms with E-state index >= 15 is 0 Å². The Kier molecular flexibility index (Phi) is 3.61. The van der Waals surface area contributed by atoms with E-state index in [9.17, 15) is 9.59 Å². The van der Waals surface area contributed by atoms with Crippen LogP contribution >= 0.6 is 23.2 Å². The maximum atomic E-state index is 12.4. The fourth-order valence-corrected chi connectivity index (χ4v) is 2.85. The summed E-state index contributed by atoms with van der Waals surface area (Å²) in [5.41, 5.74) is 0.761. The molecule has 1 saturated carbocycles. The molecule has 1 aromatic carbocycles. The molecular formula is C14H14Cl2N2O2. The predicted molar refractivity (Wildman–Crippen MR) is 76.5 cm³/mol. The molecule has 2 amide bonds. The predicted octanol–water partition coefficient (Wildman–Crippen LogP) is 2.23. The van der Waals surface area contributed by atoms with Crippen molar-refractivity contribution in [3.8, 4) is 0 Å². The number of nitrogens with zero attached hydrogens (tertiary/aromatic N) is 1. The van der Waals surface area contributed by atoms with E-state index in [-0.39, 0.29) is 24.4 Å². The van der Waals surface area contributed by atoms with Gasteiger partial charge in [0.1, 0.15) is 6.04 Å². The molecule has 0 spiro atoms. The highest BCUT2D eigenvalue weighted by atomic mass is 35.5. The van der Waals surface area contributed by atoms with Gasteiger partial charge in [-0.3, -0.25) is 9.59 Å². The highest BCUT2D eigenvalue weighted by Gasteiger charge is 2.42. The van der Waals surface area contributed by atoms with Crippen LogP contribution in [0.15, 0.2) is 18.2 Å². The molecule has 1 saturated heterocycles. The van der Waals surface area contributed by atoms with Crippen LogP contribution in [0.1, 0.15) is 18.4 Å². The number of rotatable bonds is 3. The first-order valence-electron chi connectivity index (χ1n) is 6.56. The second-order valence-electron chi connectivity index (χ2n) is 5.31. The van der Waals surface area contributed by atoms with E-state index in [2.05, 4.69) is 5.32 Å². The lowest BCUT2D eigenvalue weighted by atomic mass is 10.1. The summed E-state index contributed by atoms with van der Waals surface area (Å²) in [4.78, 5) is 25.7. The monoisotopic (exact) mass is 312 g/mol. The van der Waals surface area contributed by atoms with Crippen LogP contribution in [-0.2, 0) is 16.1 Å². The molecule has 1 aliphatic carbocycles. The van der Waals surface area contributed by atoms with Gasteiger partial charge in [0.2, 0.25) is 11.8 Å². The first-order valence-corrected chi connectivity index (χ1v) is 7.32. The van der Waals surface area contributed by atoms with Crippen LogP contribution in [0.2, 0.25) is 10.0 Å². The molecule has 3 rings (SSSR count). The summed E-state index contributed by atoms with van der Waals surface area (Å²) >= 11 is 12.1. The fourth-order valence-electron chi connectivity index (χ4n) is 2.48. The molecule has 106 valence electrons. The SMILES string of the molecule is O=C1CN(Cc2cc(Cl)ccc2Cl)C(=O)C(C2CC2)N1. The van der Waals surface area contributed by atoms with E-state index in [1.54, 1.807) is 23.1 Å². The van der Waals surface area contributed by atoms with Gasteiger partial charge < -0.3 is 10.2 Å². The van der Waals surface area contributed by atoms with Crippen molar-refractivity contribution >= 4 is 35.0 Å². The molecule has 0 aromatic heterocycles. The van der Waals surface area contributed by atoms with Gasteiger partial charge in [-0.25, -0.2) is 0 Å². The molecule has 1 heterocycles. The van der Waals surface area contributed by atoms with Crippen molar-refractivity contribution in [2.24, 2.45) is 5.92 Å². The summed E-state index contributed by atoms with van der Waals surface area (Å²) in [5, 5.41) is 3.90. The Bertz CT molecular complexity index is 572. The van der Waals surface area contributed by atoms with Gasteiger partial charge in [-0.2, -0.15) is 0 Å². The minimum absolute atomic E-state index is 0.0249. The Morgan fingerprint density at radius 2 is 2.00 bits per heavy atom. The lowest BCUT2D eigenvalue weighted by molar-refractivity contribution is -0.145. The van der Waals surface area contributed by atoms with Gasteiger partial charge in [-0.15, -0.1) is 0 Å². The van der Waals surface area contributed by atoms with Crippen molar-refractivity contribution in [3.63, 3.8) is 0 Å². The Hall–Kier alpha value is -1.26. The van der Waals surface area contributed by atoms with Crippen molar-refractivity contribution in [2.45, 2.75) is 25.4 Å². The molecule has 1 N–H and O–H groups in total. The van der Waals surface area contributed by atoms with Crippen LogP contribution < -0.4 is 5.32 Å². The Labute approximate surface area is 127 Å². The second-order valence-corrected chi connectivity index (χ2v) is 6.16. The number of amides is 2. The third kappa shape index (κ3) is 2.76. The van der Waals surface area contributed by atoms with Crippen molar-refractivity contribution in [1.29, 1.82) is 0 Å². The van der Waals surface area contributed by atoms with E-state index in [0.717, 1.165) is 18.4 Å². The Morgan fingerprint density at radius 1 is 1.25 bits per heavy atom. The van der Waals surface area contributed by atoms with Crippen LogP contribution in [0, 0.1) is 5.92 Å². The summed E-state index contributed by atoms with van der Waals surface area (Å²) in [6.45, 7) is 0.389. The molecule has 2 fully saturated rings. The number of halogens is 2. The van der Waals surface area contributed by atoms with Gasteiger partial charge in [0, 0.05) is 16.6 Å². The van der Waals surface area contributed by atoms with E-state index in [1.807, 2.05) is 0 Å². The minimum atomic E-state index is -0.366. The summed E-state index contributed by atoms with van der Waals surface area (Å²) in [7, 11) is 0. The molecule has 1 unspecified atom stereocenters. The summed E-state index contributed by atoms with van der Waals surface area (Å²) in [6, 6.07) is 4.77. The first kappa shape index (κ1) is 13.7. The van der Waals surface area contributed by atoms with Gasteiger partial charge in [0.15, 0.2) is 0 Å². The Balaban J connectivity index is 1.79. The highest BCUT2D eigenvalue weighted by molar-refractivity contribution is 6.33. The molecular weight excluding hydrogens is 299 g/mol. The zero-order chi connectivity index (χ0) is 14.3. The highest BCUT2D eigenvalue weighted by Crippen LogP contribution is 2.34. The first-order chi connectivity index (χ1) is 9.54. The molecule has 2 aliphatic rings. The van der Waals surface area contributed by atoms with Crippen molar-refractivity contribution in [2.75, 3.05) is 6.54 Å². The van der Waals surface area contributed by atoms with E-state index in [0.29, 0.717) is 22.5 Å². The summed E-state index contributed by atoms with van der Waals surface area (Å²) < 4.78 is 0. The van der Waals surface area contributed by atoms with Crippen molar-refractivity contribution in [3.05, 3.63) is 33.8 Å². The smallest absolute Gasteiger partial charge is 0.246 e. The topological polar surface area (TPSA) is 49.4 Å². The normalized spacial score (nSPS) is 22.9. The zero-order valence-corrected chi connectivity index (χ0v) is 12.2. The summed E-state index contributed by atoms with van der Waals surface area (Å²) in [6.07, 6.45) is 2.00. The van der Waals surface area contributed by atoms with Crippen LogP contribution in [0.5, 0.6) is 0 Å². The van der Waals surface area contributed by atoms with Gasteiger partial charge >= 0.3 is 0 Å². The lowest BCUT2D eigenvalue weighted by Gasteiger charge is -2.32. The molecule has 1 atom stereocenters. The quantitative estimate of drug-likeness (QED) is 0.930. The van der Waals surface area contributed by atoms with Crippen molar-refractivity contribution < 1.29 is 9.59 Å². The van der Waals surface area contributed by atoms with E-state index < -0.39 is 0 Å². The Morgan fingerprint density at radius 3 is 2.70 bits per heavy atom.